The van der Waals surface area contributed by atoms with Crippen LogP contribution in [0.25, 0.3) is 11.4 Å². The summed E-state index contributed by atoms with van der Waals surface area (Å²) < 4.78 is 19.1. The van der Waals surface area contributed by atoms with Crippen LogP contribution in [0.3, 0.4) is 0 Å². The van der Waals surface area contributed by atoms with Crippen molar-refractivity contribution in [3.05, 3.63) is 71.4 Å². The highest BCUT2D eigenvalue weighted by atomic mass is 32.2. The van der Waals surface area contributed by atoms with E-state index in [-0.39, 0.29) is 17.6 Å². The molecule has 1 aliphatic rings. The highest BCUT2D eigenvalue weighted by Gasteiger charge is 2.26. The van der Waals surface area contributed by atoms with E-state index in [1.54, 1.807) is 23.9 Å². The Kier molecular flexibility index (Phi) is 8.12. The van der Waals surface area contributed by atoms with Gasteiger partial charge in [0, 0.05) is 30.2 Å². The molecule has 2 heterocycles. The van der Waals surface area contributed by atoms with Crippen LogP contribution in [0.1, 0.15) is 29.9 Å². The quantitative estimate of drug-likeness (QED) is 0.468. The van der Waals surface area contributed by atoms with Crippen molar-refractivity contribution >= 4 is 17.7 Å². The Labute approximate surface area is 197 Å². The lowest BCUT2D eigenvalue weighted by Crippen LogP contribution is -2.43. The molecule has 3 aromatic rings. The van der Waals surface area contributed by atoms with E-state index >= 15 is 0 Å². The minimum absolute atomic E-state index is 0.0472. The second-order valence-corrected chi connectivity index (χ2v) is 9.44. The molecule has 1 N–H and O–H groups in total. The van der Waals surface area contributed by atoms with Gasteiger partial charge in [0.05, 0.1) is 12.5 Å². The maximum atomic E-state index is 13.7. The first-order valence-corrected chi connectivity index (χ1v) is 12.5. The smallest absolute Gasteiger partial charge is 0.241 e. The molecule has 1 fully saturated rings. The molecule has 0 spiro atoms. The Morgan fingerprint density at radius 1 is 1.24 bits per heavy atom. The average molecular weight is 469 g/mol. The summed E-state index contributed by atoms with van der Waals surface area (Å²) in [5, 5.41) is 7.17. The van der Waals surface area contributed by atoms with E-state index in [0.29, 0.717) is 42.7 Å². The van der Waals surface area contributed by atoms with Crippen molar-refractivity contribution < 1.29 is 13.7 Å². The zero-order valence-corrected chi connectivity index (χ0v) is 19.6. The van der Waals surface area contributed by atoms with Gasteiger partial charge in [-0.1, -0.05) is 47.6 Å². The number of amides is 1. The summed E-state index contributed by atoms with van der Waals surface area (Å²) in [4.78, 5) is 19.4. The van der Waals surface area contributed by atoms with Gasteiger partial charge in [0.2, 0.25) is 17.6 Å². The van der Waals surface area contributed by atoms with Crippen LogP contribution in [0.15, 0.2) is 53.1 Å². The Morgan fingerprint density at radius 3 is 2.91 bits per heavy atom. The number of halogens is 1. The van der Waals surface area contributed by atoms with Gasteiger partial charge in [-0.25, -0.2) is 4.39 Å². The van der Waals surface area contributed by atoms with Crippen molar-refractivity contribution in [3.8, 4) is 11.4 Å². The maximum absolute atomic E-state index is 13.7. The monoisotopic (exact) mass is 468 g/mol. The van der Waals surface area contributed by atoms with Gasteiger partial charge in [0.1, 0.15) is 5.82 Å². The molecule has 0 radical (unpaired) electrons. The van der Waals surface area contributed by atoms with E-state index in [0.717, 1.165) is 36.3 Å². The minimum atomic E-state index is -0.177. The molecule has 1 aromatic heterocycles. The third-order valence-corrected chi connectivity index (χ3v) is 6.86. The average Bonchev–Trinajstić information content (AvgIpc) is 3.28. The third-order valence-electron chi connectivity index (χ3n) is 5.85. The van der Waals surface area contributed by atoms with Crippen LogP contribution in [-0.4, -0.2) is 46.3 Å². The standard InChI is InChI=1S/C25H29FN4O2S/c1-18-7-2-4-10-21(18)24-28-23(32-29-24)16-30-13-6-9-19(15-30)25(31)27-12-14-33-17-20-8-3-5-11-22(20)26/h2-5,7-8,10-11,19H,6,9,12-17H2,1H3,(H,27,31). The SMILES string of the molecule is Cc1ccccc1-c1noc(CN2CCCC(C(=O)NCCSCc3ccccc3F)C2)n1. The molecule has 174 valence electrons. The maximum Gasteiger partial charge on any atom is 0.241 e. The first-order valence-electron chi connectivity index (χ1n) is 11.3. The number of nitrogens with zero attached hydrogens (tertiary/aromatic N) is 3. The summed E-state index contributed by atoms with van der Waals surface area (Å²) >= 11 is 1.62. The van der Waals surface area contributed by atoms with Crippen LogP contribution in [0.5, 0.6) is 0 Å². The minimum Gasteiger partial charge on any atom is -0.355 e. The molecule has 0 saturated carbocycles. The lowest BCUT2D eigenvalue weighted by Gasteiger charge is -2.30. The molecular formula is C25H29FN4O2S. The van der Waals surface area contributed by atoms with Crippen molar-refractivity contribution in [2.75, 3.05) is 25.4 Å². The summed E-state index contributed by atoms with van der Waals surface area (Å²) in [5.74, 6) is 2.38. The Hall–Kier alpha value is -2.71. The van der Waals surface area contributed by atoms with Crippen molar-refractivity contribution in [1.82, 2.24) is 20.4 Å². The Bertz CT molecular complexity index is 1070. The molecule has 1 atom stereocenters. The molecule has 1 aliphatic heterocycles. The highest BCUT2D eigenvalue weighted by molar-refractivity contribution is 7.98. The Morgan fingerprint density at radius 2 is 2.06 bits per heavy atom. The molecule has 1 amide bonds. The van der Waals surface area contributed by atoms with Crippen LogP contribution < -0.4 is 5.32 Å². The van der Waals surface area contributed by atoms with E-state index in [1.165, 1.54) is 6.07 Å². The summed E-state index contributed by atoms with van der Waals surface area (Å²) in [6.07, 6.45) is 1.84. The lowest BCUT2D eigenvalue weighted by atomic mass is 9.97. The van der Waals surface area contributed by atoms with Crippen molar-refractivity contribution in [2.24, 2.45) is 5.92 Å². The lowest BCUT2D eigenvalue weighted by molar-refractivity contribution is -0.126. The molecule has 1 saturated heterocycles. The topological polar surface area (TPSA) is 71.3 Å². The Balaban J connectivity index is 1.21. The van der Waals surface area contributed by atoms with Crippen LogP contribution in [-0.2, 0) is 17.1 Å². The predicted molar refractivity (Wildman–Crippen MR) is 128 cm³/mol. The van der Waals surface area contributed by atoms with Gasteiger partial charge in [-0.2, -0.15) is 16.7 Å². The zero-order valence-electron chi connectivity index (χ0n) is 18.8. The first-order chi connectivity index (χ1) is 16.1. The second kappa shape index (κ2) is 11.4. The fourth-order valence-corrected chi connectivity index (χ4v) is 4.89. The molecule has 2 aromatic carbocycles. The summed E-state index contributed by atoms with van der Waals surface area (Å²) in [5.41, 5.74) is 2.77. The van der Waals surface area contributed by atoms with Gasteiger partial charge in [0.25, 0.3) is 0 Å². The van der Waals surface area contributed by atoms with E-state index < -0.39 is 0 Å². The number of carbonyl (C=O) groups is 1. The van der Waals surface area contributed by atoms with E-state index in [9.17, 15) is 9.18 Å². The van der Waals surface area contributed by atoms with Crippen LogP contribution >= 0.6 is 11.8 Å². The number of benzene rings is 2. The van der Waals surface area contributed by atoms with Crippen molar-refractivity contribution in [2.45, 2.75) is 32.1 Å². The summed E-state index contributed by atoms with van der Waals surface area (Å²) in [6.45, 7) is 4.73. The van der Waals surface area contributed by atoms with Crippen LogP contribution in [0, 0.1) is 18.7 Å². The number of thioether (sulfide) groups is 1. The molecule has 6 nitrogen and oxygen atoms in total. The molecule has 33 heavy (non-hydrogen) atoms. The van der Waals surface area contributed by atoms with E-state index in [1.807, 2.05) is 37.3 Å². The molecule has 0 aliphatic carbocycles. The van der Waals surface area contributed by atoms with Gasteiger partial charge < -0.3 is 9.84 Å². The van der Waals surface area contributed by atoms with Crippen molar-refractivity contribution in [1.29, 1.82) is 0 Å². The number of hydrogen-bond donors (Lipinski definition) is 1. The van der Waals surface area contributed by atoms with Gasteiger partial charge in [-0.15, -0.1) is 0 Å². The molecule has 8 heteroatoms. The predicted octanol–water partition coefficient (Wildman–Crippen LogP) is 4.45. The number of hydrogen-bond acceptors (Lipinski definition) is 6. The molecule has 1 unspecified atom stereocenters. The van der Waals surface area contributed by atoms with Gasteiger partial charge >= 0.3 is 0 Å². The van der Waals surface area contributed by atoms with E-state index in [4.69, 9.17) is 4.52 Å². The number of carbonyl (C=O) groups excluding carboxylic acids is 1. The second-order valence-electron chi connectivity index (χ2n) is 8.34. The highest BCUT2D eigenvalue weighted by Crippen LogP contribution is 2.22. The fraction of sp³-hybridized carbons (Fsp3) is 0.400. The van der Waals surface area contributed by atoms with Crippen LogP contribution in [0.2, 0.25) is 0 Å². The number of likely N-dealkylation sites (tertiary alicyclic amines) is 1. The third kappa shape index (κ3) is 6.42. The van der Waals surface area contributed by atoms with E-state index in [2.05, 4.69) is 20.4 Å². The van der Waals surface area contributed by atoms with Gasteiger partial charge in [-0.05, 0) is 43.5 Å². The number of aromatic nitrogens is 2. The molecular weight excluding hydrogens is 439 g/mol. The number of aryl methyl sites for hydroxylation is 1. The zero-order chi connectivity index (χ0) is 23.0. The summed E-state index contributed by atoms with van der Waals surface area (Å²) in [6, 6.07) is 14.8. The summed E-state index contributed by atoms with van der Waals surface area (Å²) in [7, 11) is 0. The molecule has 4 rings (SSSR count). The van der Waals surface area contributed by atoms with Gasteiger partial charge in [0.15, 0.2) is 0 Å². The number of rotatable bonds is 9. The van der Waals surface area contributed by atoms with Crippen LogP contribution in [0.4, 0.5) is 4.39 Å². The number of piperidine rings is 1. The fourth-order valence-electron chi connectivity index (χ4n) is 4.05. The van der Waals surface area contributed by atoms with Gasteiger partial charge in [-0.3, -0.25) is 9.69 Å². The largest absolute Gasteiger partial charge is 0.355 e. The number of nitrogens with one attached hydrogen (secondary N) is 1. The van der Waals surface area contributed by atoms with Crippen molar-refractivity contribution in [3.63, 3.8) is 0 Å². The normalized spacial score (nSPS) is 16.6. The molecule has 0 bridgehead atoms. The first kappa shape index (κ1) is 23.4.